The number of aromatic nitrogens is 2. The van der Waals surface area contributed by atoms with Crippen molar-refractivity contribution in [3.8, 4) is 28.5 Å². The molecule has 0 aliphatic carbocycles. The van der Waals surface area contributed by atoms with Crippen LogP contribution in [0.25, 0.3) is 22.0 Å². The maximum absolute atomic E-state index is 5.78. The van der Waals surface area contributed by atoms with E-state index in [0.29, 0.717) is 24.0 Å². The molecule has 0 aliphatic rings. The van der Waals surface area contributed by atoms with Crippen molar-refractivity contribution < 1.29 is 14.2 Å². The summed E-state index contributed by atoms with van der Waals surface area (Å²) < 4.78 is 16.4. The van der Waals surface area contributed by atoms with Gasteiger partial charge in [0.05, 0.1) is 31.7 Å². The Morgan fingerprint density at radius 3 is 2.36 bits per heavy atom. The fourth-order valence-electron chi connectivity index (χ4n) is 2.62. The third-order valence-electron chi connectivity index (χ3n) is 3.84. The molecule has 0 saturated heterocycles. The van der Waals surface area contributed by atoms with Crippen LogP contribution >= 0.6 is 0 Å². The average Bonchev–Trinajstić information content (AvgIpc) is 2.65. The van der Waals surface area contributed by atoms with Crippen molar-refractivity contribution in [2.75, 3.05) is 26.6 Å². The summed E-state index contributed by atoms with van der Waals surface area (Å²) in [6.07, 6.45) is 0.890. The standard InChI is InChI=1S/C19H21N3O3/c1-4-9-25-18-14-10-12(5-7-15(14)21-19(20)22-18)13-6-8-16(23-2)17(11-13)24-3/h5-8,10-11H,4,9H2,1-3H3,(H2,20,21,22). The van der Waals surface area contributed by atoms with E-state index in [1.54, 1.807) is 14.2 Å². The molecule has 0 unspecified atom stereocenters. The van der Waals surface area contributed by atoms with Crippen LogP contribution in [0.15, 0.2) is 36.4 Å². The van der Waals surface area contributed by atoms with Crippen molar-refractivity contribution in [3.05, 3.63) is 36.4 Å². The normalized spacial score (nSPS) is 10.7. The van der Waals surface area contributed by atoms with E-state index in [-0.39, 0.29) is 5.95 Å². The van der Waals surface area contributed by atoms with E-state index in [4.69, 9.17) is 19.9 Å². The molecule has 25 heavy (non-hydrogen) atoms. The van der Waals surface area contributed by atoms with Gasteiger partial charge < -0.3 is 19.9 Å². The third-order valence-corrected chi connectivity index (χ3v) is 3.84. The number of benzene rings is 2. The van der Waals surface area contributed by atoms with Gasteiger partial charge in [0.15, 0.2) is 11.5 Å². The van der Waals surface area contributed by atoms with E-state index in [9.17, 15) is 0 Å². The lowest BCUT2D eigenvalue weighted by atomic mass is 10.0. The van der Waals surface area contributed by atoms with Crippen molar-refractivity contribution in [1.29, 1.82) is 0 Å². The lowest BCUT2D eigenvalue weighted by Gasteiger charge is -2.12. The summed E-state index contributed by atoms with van der Waals surface area (Å²) in [6.45, 7) is 2.62. The van der Waals surface area contributed by atoms with Gasteiger partial charge in [0.1, 0.15) is 0 Å². The SMILES string of the molecule is CCCOc1nc(N)nc2ccc(-c3ccc(OC)c(OC)c3)cc12. The van der Waals surface area contributed by atoms with Gasteiger partial charge in [-0.1, -0.05) is 19.1 Å². The second kappa shape index (κ2) is 7.25. The molecule has 3 rings (SSSR count). The molecule has 130 valence electrons. The number of hydrogen-bond donors (Lipinski definition) is 1. The topological polar surface area (TPSA) is 79.5 Å². The van der Waals surface area contributed by atoms with Crippen molar-refractivity contribution in [1.82, 2.24) is 9.97 Å². The van der Waals surface area contributed by atoms with Gasteiger partial charge in [0.25, 0.3) is 0 Å². The first-order valence-corrected chi connectivity index (χ1v) is 8.08. The minimum absolute atomic E-state index is 0.206. The molecule has 6 heteroatoms. The highest BCUT2D eigenvalue weighted by Crippen LogP contribution is 2.34. The second-order valence-electron chi connectivity index (χ2n) is 5.54. The van der Waals surface area contributed by atoms with Crippen molar-refractivity contribution in [3.63, 3.8) is 0 Å². The highest BCUT2D eigenvalue weighted by atomic mass is 16.5. The maximum Gasteiger partial charge on any atom is 0.226 e. The minimum Gasteiger partial charge on any atom is -0.493 e. The predicted octanol–water partition coefficient (Wildman–Crippen LogP) is 3.69. The molecule has 6 nitrogen and oxygen atoms in total. The zero-order valence-electron chi connectivity index (χ0n) is 14.6. The Hall–Kier alpha value is -3.02. The van der Waals surface area contributed by atoms with Crippen LogP contribution < -0.4 is 19.9 Å². The summed E-state index contributed by atoms with van der Waals surface area (Å²) in [5.74, 6) is 2.08. The summed E-state index contributed by atoms with van der Waals surface area (Å²) in [6, 6.07) is 11.7. The van der Waals surface area contributed by atoms with Crippen molar-refractivity contribution >= 4 is 16.9 Å². The highest BCUT2D eigenvalue weighted by Gasteiger charge is 2.11. The lowest BCUT2D eigenvalue weighted by molar-refractivity contribution is 0.309. The number of nitrogens with two attached hydrogens (primary N) is 1. The average molecular weight is 339 g/mol. The molecule has 0 aliphatic heterocycles. The summed E-state index contributed by atoms with van der Waals surface area (Å²) in [5, 5.41) is 0.829. The second-order valence-corrected chi connectivity index (χ2v) is 5.54. The fourth-order valence-corrected chi connectivity index (χ4v) is 2.62. The maximum atomic E-state index is 5.78. The number of rotatable bonds is 6. The quantitative estimate of drug-likeness (QED) is 0.738. The number of anilines is 1. The molecule has 1 heterocycles. The molecule has 0 amide bonds. The molecule has 0 spiro atoms. The summed E-state index contributed by atoms with van der Waals surface area (Å²) in [5.41, 5.74) is 8.54. The molecule has 3 aromatic rings. The van der Waals surface area contributed by atoms with Crippen LogP contribution in [0, 0.1) is 0 Å². The Morgan fingerprint density at radius 1 is 0.920 bits per heavy atom. The molecular weight excluding hydrogens is 318 g/mol. The summed E-state index contributed by atoms with van der Waals surface area (Å²) >= 11 is 0. The van der Waals surface area contributed by atoms with Gasteiger partial charge in [-0.15, -0.1) is 0 Å². The van der Waals surface area contributed by atoms with Crippen LogP contribution in [-0.4, -0.2) is 30.8 Å². The molecule has 1 aromatic heterocycles. The van der Waals surface area contributed by atoms with E-state index < -0.39 is 0 Å². The number of methoxy groups -OCH3 is 2. The number of hydrogen-bond acceptors (Lipinski definition) is 6. The first kappa shape index (κ1) is 16.8. The molecular formula is C19H21N3O3. The van der Waals surface area contributed by atoms with Gasteiger partial charge >= 0.3 is 0 Å². The minimum atomic E-state index is 0.206. The van der Waals surface area contributed by atoms with Crippen molar-refractivity contribution in [2.24, 2.45) is 0 Å². The van der Waals surface area contributed by atoms with Crippen LogP contribution in [0.4, 0.5) is 5.95 Å². The number of nitrogen functional groups attached to an aromatic ring is 1. The van der Waals surface area contributed by atoms with Crippen LogP contribution in [0.5, 0.6) is 17.4 Å². The summed E-state index contributed by atoms with van der Waals surface area (Å²) in [4.78, 5) is 8.52. The number of ether oxygens (including phenoxy) is 3. The van der Waals surface area contributed by atoms with E-state index >= 15 is 0 Å². The van der Waals surface area contributed by atoms with E-state index in [2.05, 4.69) is 9.97 Å². The van der Waals surface area contributed by atoms with Crippen LogP contribution in [-0.2, 0) is 0 Å². The molecule has 0 fully saturated rings. The molecule has 2 aromatic carbocycles. The first-order chi connectivity index (χ1) is 12.2. The van der Waals surface area contributed by atoms with Gasteiger partial charge in [0.2, 0.25) is 11.8 Å². The monoisotopic (exact) mass is 339 g/mol. The molecule has 0 bridgehead atoms. The lowest BCUT2D eigenvalue weighted by Crippen LogP contribution is -2.02. The Bertz CT molecular complexity index is 896. The zero-order chi connectivity index (χ0) is 17.8. The van der Waals surface area contributed by atoms with Gasteiger partial charge in [0, 0.05) is 0 Å². The molecule has 0 saturated carbocycles. The van der Waals surface area contributed by atoms with Crippen LogP contribution in [0.3, 0.4) is 0 Å². The third kappa shape index (κ3) is 3.42. The van der Waals surface area contributed by atoms with Gasteiger partial charge in [-0.05, 0) is 41.8 Å². The van der Waals surface area contributed by atoms with E-state index in [1.807, 2.05) is 43.3 Å². The largest absolute Gasteiger partial charge is 0.493 e. The van der Waals surface area contributed by atoms with E-state index in [0.717, 1.165) is 28.5 Å². The first-order valence-electron chi connectivity index (χ1n) is 8.08. The highest BCUT2D eigenvalue weighted by molar-refractivity contribution is 5.89. The Morgan fingerprint density at radius 2 is 1.64 bits per heavy atom. The molecule has 0 atom stereocenters. The number of nitrogens with zero attached hydrogens (tertiary/aromatic N) is 2. The van der Waals surface area contributed by atoms with Gasteiger partial charge in [-0.3, -0.25) is 0 Å². The van der Waals surface area contributed by atoms with Gasteiger partial charge in [-0.2, -0.15) is 4.98 Å². The van der Waals surface area contributed by atoms with Gasteiger partial charge in [-0.25, -0.2) is 4.98 Å². The zero-order valence-corrected chi connectivity index (χ0v) is 14.6. The summed E-state index contributed by atoms with van der Waals surface area (Å²) in [7, 11) is 3.24. The van der Waals surface area contributed by atoms with Crippen LogP contribution in [0.2, 0.25) is 0 Å². The predicted molar refractivity (Wildman–Crippen MR) is 98.3 cm³/mol. The molecule has 0 radical (unpaired) electrons. The fraction of sp³-hybridized carbons (Fsp3) is 0.263. The van der Waals surface area contributed by atoms with Crippen molar-refractivity contribution in [2.45, 2.75) is 13.3 Å². The smallest absolute Gasteiger partial charge is 0.226 e. The Kier molecular flexibility index (Phi) is 4.88. The van der Waals surface area contributed by atoms with Crippen LogP contribution in [0.1, 0.15) is 13.3 Å². The Balaban J connectivity index is 2.10. The molecule has 2 N–H and O–H groups in total. The van der Waals surface area contributed by atoms with E-state index in [1.165, 1.54) is 0 Å². The Labute approximate surface area is 146 Å². The number of fused-ring (bicyclic) bond motifs is 1.